The fourth-order valence-electron chi connectivity index (χ4n) is 4.57. The van der Waals surface area contributed by atoms with Gasteiger partial charge in [-0.15, -0.1) is 6.58 Å². The van der Waals surface area contributed by atoms with E-state index >= 15 is 0 Å². The first-order valence-corrected chi connectivity index (χ1v) is 13.2. The molecule has 1 aromatic carbocycles. The first kappa shape index (κ1) is 28.0. The van der Waals surface area contributed by atoms with Crippen LogP contribution >= 0.6 is 0 Å². The first-order chi connectivity index (χ1) is 18.7. The average Bonchev–Trinajstić information content (AvgIpc) is 3.19. The quantitative estimate of drug-likeness (QED) is 0.303. The van der Waals surface area contributed by atoms with Crippen LogP contribution in [0.15, 0.2) is 71.6 Å². The maximum absolute atomic E-state index is 13.2. The molecule has 1 aliphatic rings. The molecule has 2 N–H and O–H groups in total. The zero-order valence-electron chi connectivity index (χ0n) is 23.3. The van der Waals surface area contributed by atoms with Gasteiger partial charge in [0.1, 0.15) is 16.8 Å². The van der Waals surface area contributed by atoms with Crippen LogP contribution in [0.4, 0.5) is 17.3 Å². The van der Waals surface area contributed by atoms with Crippen LogP contribution in [0.2, 0.25) is 0 Å². The van der Waals surface area contributed by atoms with Gasteiger partial charge in [0.2, 0.25) is 5.95 Å². The van der Waals surface area contributed by atoms with Crippen molar-refractivity contribution in [3.05, 3.63) is 72.2 Å². The maximum Gasteiger partial charge on any atom is 0.278 e. The summed E-state index contributed by atoms with van der Waals surface area (Å²) in [5, 5.41) is 14.1. The van der Waals surface area contributed by atoms with Gasteiger partial charge in [0.05, 0.1) is 12.3 Å². The normalized spacial score (nSPS) is 15.3. The van der Waals surface area contributed by atoms with Gasteiger partial charge in [-0.1, -0.05) is 25.7 Å². The molecule has 0 unspecified atom stereocenters. The van der Waals surface area contributed by atoms with E-state index in [1.807, 2.05) is 19.1 Å². The molecule has 1 aliphatic heterocycles. The Morgan fingerprint density at radius 2 is 1.90 bits per heavy atom. The molecular weight excluding hydrogens is 492 g/mol. The van der Waals surface area contributed by atoms with Crippen molar-refractivity contribution >= 4 is 39.9 Å². The molecule has 3 heterocycles. The van der Waals surface area contributed by atoms with Crippen LogP contribution in [-0.2, 0) is 6.54 Å². The molecule has 1 saturated heterocycles. The number of nitrogens with one attached hydrogen (secondary N) is 1. The highest BCUT2D eigenvalue weighted by molar-refractivity contribution is 6.03. The lowest BCUT2D eigenvalue weighted by atomic mass is 10.0. The predicted octanol–water partition coefficient (Wildman–Crippen LogP) is 3.88. The molecule has 10 heteroatoms. The van der Waals surface area contributed by atoms with E-state index in [9.17, 15) is 9.90 Å². The Morgan fingerprint density at radius 3 is 2.49 bits per heavy atom. The predicted molar refractivity (Wildman–Crippen MR) is 160 cm³/mol. The summed E-state index contributed by atoms with van der Waals surface area (Å²) in [5.41, 5.74) is 1.28. The number of anilines is 3. The molecule has 0 amide bonds. The second-order valence-corrected chi connectivity index (χ2v) is 9.98. The summed E-state index contributed by atoms with van der Waals surface area (Å²) in [6.45, 7) is 20.7. The van der Waals surface area contributed by atoms with Crippen molar-refractivity contribution < 1.29 is 5.11 Å². The number of hydrogen-bond acceptors (Lipinski definition) is 8. The zero-order chi connectivity index (χ0) is 28.2. The molecule has 0 bridgehead atoms. The number of hydrogen-bond donors (Lipinski definition) is 2. The third kappa shape index (κ3) is 6.18. The molecule has 0 atom stereocenters. The van der Waals surface area contributed by atoms with E-state index in [1.165, 1.54) is 16.6 Å². The van der Waals surface area contributed by atoms with Gasteiger partial charge in [-0.25, -0.2) is 19.3 Å². The second kappa shape index (κ2) is 11.8. The van der Waals surface area contributed by atoms with Gasteiger partial charge >= 0.3 is 0 Å². The Morgan fingerprint density at radius 1 is 1.21 bits per heavy atom. The van der Waals surface area contributed by atoms with Crippen LogP contribution in [0.25, 0.3) is 16.9 Å². The van der Waals surface area contributed by atoms with Crippen molar-refractivity contribution in [1.29, 1.82) is 0 Å². The van der Waals surface area contributed by atoms with Crippen LogP contribution in [0.3, 0.4) is 0 Å². The van der Waals surface area contributed by atoms with E-state index in [4.69, 9.17) is 0 Å². The van der Waals surface area contributed by atoms with Crippen LogP contribution in [0, 0.1) is 0 Å². The molecule has 39 heavy (non-hydrogen) atoms. The number of allylic oxidation sites excluding steroid dienone is 2. The second-order valence-electron chi connectivity index (χ2n) is 9.98. The van der Waals surface area contributed by atoms with Gasteiger partial charge in [-0.2, -0.15) is 4.98 Å². The monoisotopic (exact) mass is 530 g/mol. The Labute approximate surface area is 229 Å². The third-order valence-electron chi connectivity index (χ3n) is 6.73. The highest BCUT2D eigenvalue weighted by Gasteiger charge is 2.22. The number of piperazine rings is 1. The lowest BCUT2D eigenvalue weighted by molar-refractivity contribution is 0.155. The minimum atomic E-state index is -1.21. The van der Waals surface area contributed by atoms with Gasteiger partial charge in [-0.05, 0) is 57.7 Å². The molecule has 0 aliphatic carbocycles. The van der Waals surface area contributed by atoms with Crippen LogP contribution in [-0.4, -0.2) is 73.4 Å². The van der Waals surface area contributed by atoms with Crippen molar-refractivity contribution in [2.45, 2.75) is 39.8 Å². The minimum Gasteiger partial charge on any atom is -0.384 e. The van der Waals surface area contributed by atoms with E-state index in [-0.39, 0.29) is 17.9 Å². The van der Waals surface area contributed by atoms with Crippen molar-refractivity contribution in [3.8, 4) is 0 Å². The number of aliphatic imine (C=N–C) groups is 1. The third-order valence-corrected chi connectivity index (χ3v) is 6.73. The summed E-state index contributed by atoms with van der Waals surface area (Å²) in [4.78, 5) is 31.6. The minimum absolute atomic E-state index is 0.224. The number of nitrogens with zero attached hydrogens (tertiary/aromatic N) is 7. The zero-order valence-corrected chi connectivity index (χ0v) is 23.3. The van der Waals surface area contributed by atoms with Gasteiger partial charge in [0.15, 0.2) is 5.65 Å². The maximum atomic E-state index is 13.2. The fourth-order valence-corrected chi connectivity index (χ4v) is 4.57. The molecule has 206 valence electrons. The molecule has 3 aromatic rings. The van der Waals surface area contributed by atoms with E-state index in [0.717, 1.165) is 38.4 Å². The molecule has 0 saturated carbocycles. The van der Waals surface area contributed by atoms with Crippen molar-refractivity contribution in [1.82, 2.24) is 24.2 Å². The summed E-state index contributed by atoms with van der Waals surface area (Å²) >= 11 is 0. The highest BCUT2D eigenvalue weighted by Crippen LogP contribution is 2.23. The standard InChI is InChI=1S/C29H38N8O2/c1-7-10-25(29(5,6)39)31-21(4)37-26-24(27(38)36(37)15-8-2)20-30-28(33-26)32-22-11-13-23(14-12-22)35-18-16-34(9-3)17-19-35/h7-8,10-14,20,39H,2,4,9,15-19H2,1,3,5-6H3,(H,30,32,33)/b10-7-,31-25+. The van der Waals surface area contributed by atoms with Gasteiger partial charge in [0, 0.05) is 43.8 Å². The van der Waals surface area contributed by atoms with E-state index in [2.05, 4.69) is 62.3 Å². The topological polar surface area (TPSA) is 104 Å². The molecule has 1 fully saturated rings. The summed E-state index contributed by atoms with van der Waals surface area (Å²) < 4.78 is 2.99. The first-order valence-electron chi connectivity index (χ1n) is 13.2. The Balaban J connectivity index is 1.65. The Kier molecular flexibility index (Phi) is 8.47. The van der Waals surface area contributed by atoms with Crippen molar-refractivity contribution in [3.63, 3.8) is 0 Å². The SMILES string of the molecule is C=CCn1c(=O)c2cnc(Nc3ccc(N4CCN(CC)CC4)cc3)nc2n1C(=C)/N=C(\C=C/C)C(C)(C)O. The average molecular weight is 531 g/mol. The van der Waals surface area contributed by atoms with E-state index in [0.29, 0.717) is 22.7 Å². The van der Waals surface area contributed by atoms with Gasteiger partial charge in [0.25, 0.3) is 5.56 Å². The number of aliphatic hydroxyl groups is 1. The van der Waals surface area contributed by atoms with E-state index < -0.39 is 5.60 Å². The van der Waals surface area contributed by atoms with Crippen molar-refractivity contribution in [2.24, 2.45) is 4.99 Å². The van der Waals surface area contributed by atoms with E-state index in [1.54, 1.807) is 36.8 Å². The van der Waals surface area contributed by atoms with Crippen LogP contribution in [0.5, 0.6) is 0 Å². The van der Waals surface area contributed by atoms with Crippen molar-refractivity contribution in [2.75, 3.05) is 42.9 Å². The summed E-state index contributed by atoms with van der Waals surface area (Å²) in [5.74, 6) is 0.570. The highest BCUT2D eigenvalue weighted by atomic mass is 16.3. The molecule has 2 aromatic heterocycles. The number of likely N-dealkylation sites (N-methyl/N-ethyl adjacent to an activating group) is 1. The molecule has 0 spiro atoms. The molecule has 4 rings (SSSR count). The summed E-state index contributed by atoms with van der Waals surface area (Å²) in [6.07, 6.45) is 6.62. The fraction of sp³-hybridized carbons (Fsp3) is 0.379. The summed E-state index contributed by atoms with van der Waals surface area (Å²) in [7, 11) is 0. The lowest BCUT2D eigenvalue weighted by Gasteiger charge is -2.35. The Bertz CT molecular complexity index is 1450. The summed E-state index contributed by atoms with van der Waals surface area (Å²) in [6, 6.07) is 8.19. The van der Waals surface area contributed by atoms with Gasteiger partial charge < -0.3 is 20.2 Å². The smallest absolute Gasteiger partial charge is 0.278 e. The molecule has 0 radical (unpaired) electrons. The van der Waals surface area contributed by atoms with Crippen LogP contribution < -0.4 is 15.8 Å². The van der Waals surface area contributed by atoms with Gasteiger partial charge in [-0.3, -0.25) is 4.79 Å². The number of benzene rings is 1. The largest absolute Gasteiger partial charge is 0.384 e. The lowest BCUT2D eigenvalue weighted by Crippen LogP contribution is -2.46. The molecule has 10 nitrogen and oxygen atoms in total. The van der Waals surface area contributed by atoms with Crippen LogP contribution in [0.1, 0.15) is 27.7 Å². The molecular formula is C29H38N8O2. The Hall–Kier alpha value is -4.02. The number of fused-ring (bicyclic) bond motifs is 1. The number of rotatable bonds is 10. The number of aromatic nitrogens is 4.